The molecule has 0 unspecified atom stereocenters. The number of hydrogen-bond acceptors (Lipinski definition) is 5. The number of hydrogen-bond donors (Lipinski definition) is 2. The van der Waals surface area contributed by atoms with Crippen LogP contribution in [0.2, 0.25) is 0 Å². The molecule has 0 atom stereocenters. The predicted octanol–water partition coefficient (Wildman–Crippen LogP) is 4.09. The summed E-state index contributed by atoms with van der Waals surface area (Å²) in [4.78, 5) is 39.5. The van der Waals surface area contributed by atoms with Crippen molar-refractivity contribution in [3.63, 3.8) is 0 Å². The molecule has 0 saturated carbocycles. The lowest BCUT2D eigenvalue weighted by molar-refractivity contribution is -0.136. The van der Waals surface area contributed by atoms with Gasteiger partial charge in [-0.05, 0) is 41.8 Å². The molecule has 7 nitrogen and oxygen atoms in total. The van der Waals surface area contributed by atoms with E-state index in [2.05, 4.69) is 10.6 Å². The summed E-state index contributed by atoms with van der Waals surface area (Å²) in [7, 11) is 1.55. The number of anilines is 2. The third kappa shape index (κ3) is 4.83. The van der Waals surface area contributed by atoms with Crippen molar-refractivity contribution in [2.45, 2.75) is 13.3 Å². The first-order valence-electron chi connectivity index (χ1n) is 10.9. The molecular weight excluding hydrogens is 430 g/mol. The first-order chi connectivity index (χ1) is 16.5. The zero-order valence-electron chi connectivity index (χ0n) is 19.0. The molecule has 0 aliphatic carbocycles. The predicted molar refractivity (Wildman–Crippen MR) is 131 cm³/mol. The summed E-state index contributed by atoms with van der Waals surface area (Å²) in [5.74, 6) is -0.401. The van der Waals surface area contributed by atoms with E-state index in [1.165, 1.54) is 11.8 Å². The van der Waals surface area contributed by atoms with Crippen molar-refractivity contribution in [3.8, 4) is 5.75 Å². The quantitative estimate of drug-likeness (QED) is 0.500. The molecule has 172 valence electrons. The molecule has 0 fully saturated rings. The molecule has 1 aliphatic rings. The Labute approximate surface area is 198 Å². The lowest BCUT2D eigenvalue weighted by atomic mass is 10.0. The van der Waals surface area contributed by atoms with Gasteiger partial charge in [-0.1, -0.05) is 54.6 Å². The lowest BCUT2D eigenvalue weighted by Crippen LogP contribution is -2.34. The van der Waals surface area contributed by atoms with E-state index in [0.29, 0.717) is 29.1 Å². The maximum Gasteiger partial charge on any atom is 0.278 e. The van der Waals surface area contributed by atoms with E-state index >= 15 is 0 Å². The van der Waals surface area contributed by atoms with Crippen LogP contribution in [0.5, 0.6) is 5.75 Å². The summed E-state index contributed by atoms with van der Waals surface area (Å²) in [5, 5.41) is 5.84. The highest BCUT2D eigenvalue weighted by atomic mass is 16.5. The molecule has 0 spiro atoms. The number of nitrogens with one attached hydrogen (secondary N) is 2. The first kappa shape index (κ1) is 22.8. The van der Waals surface area contributed by atoms with Gasteiger partial charge < -0.3 is 15.4 Å². The third-order valence-electron chi connectivity index (χ3n) is 5.50. The fourth-order valence-corrected chi connectivity index (χ4v) is 3.85. The van der Waals surface area contributed by atoms with E-state index in [4.69, 9.17) is 4.74 Å². The Morgan fingerprint density at radius 2 is 1.56 bits per heavy atom. The minimum absolute atomic E-state index is 0.190. The van der Waals surface area contributed by atoms with Crippen LogP contribution in [0.3, 0.4) is 0 Å². The van der Waals surface area contributed by atoms with E-state index in [1.54, 1.807) is 43.5 Å². The van der Waals surface area contributed by atoms with Gasteiger partial charge >= 0.3 is 0 Å². The molecule has 0 saturated heterocycles. The second-order valence-corrected chi connectivity index (χ2v) is 7.83. The van der Waals surface area contributed by atoms with Gasteiger partial charge in [-0.15, -0.1) is 0 Å². The number of imide groups is 1. The second-order valence-electron chi connectivity index (χ2n) is 7.83. The Kier molecular flexibility index (Phi) is 6.73. The highest BCUT2D eigenvalue weighted by molar-refractivity contribution is 6.36. The van der Waals surface area contributed by atoms with Crippen molar-refractivity contribution in [2.75, 3.05) is 24.3 Å². The number of carbonyl (C=O) groups is 3. The fraction of sp³-hybridized carbons (Fsp3) is 0.148. The minimum atomic E-state index is -0.396. The molecule has 3 aromatic rings. The van der Waals surface area contributed by atoms with Gasteiger partial charge in [0.15, 0.2) is 0 Å². The Morgan fingerprint density at radius 1 is 0.882 bits per heavy atom. The van der Waals surface area contributed by atoms with Crippen LogP contribution in [0, 0.1) is 0 Å². The number of carbonyl (C=O) groups excluding carboxylic acids is 3. The Bertz CT molecular complexity index is 1250. The Balaban J connectivity index is 1.69. The molecule has 1 aliphatic heterocycles. The molecule has 3 amide bonds. The first-order valence-corrected chi connectivity index (χ1v) is 10.9. The SMILES string of the molecule is COc1ccccc1NC1=C(c2ccc(NC(C)=O)cc2)C(=O)N(CCc2ccccc2)C1=O. The summed E-state index contributed by atoms with van der Waals surface area (Å²) in [5.41, 5.74) is 3.27. The van der Waals surface area contributed by atoms with Gasteiger partial charge in [0, 0.05) is 19.2 Å². The summed E-state index contributed by atoms with van der Waals surface area (Å²) in [6.45, 7) is 1.68. The maximum absolute atomic E-state index is 13.5. The van der Waals surface area contributed by atoms with Gasteiger partial charge in [0.1, 0.15) is 11.4 Å². The average Bonchev–Trinajstić information content (AvgIpc) is 3.07. The zero-order chi connectivity index (χ0) is 24.1. The third-order valence-corrected chi connectivity index (χ3v) is 5.50. The van der Waals surface area contributed by atoms with Crippen LogP contribution < -0.4 is 15.4 Å². The number of nitrogens with zero attached hydrogens (tertiary/aromatic N) is 1. The number of amides is 3. The number of para-hydroxylation sites is 2. The van der Waals surface area contributed by atoms with Crippen LogP contribution >= 0.6 is 0 Å². The number of ether oxygens (including phenoxy) is 1. The average molecular weight is 456 g/mol. The van der Waals surface area contributed by atoms with Gasteiger partial charge in [-0.25, -0.2) is 0 Å². The van der Waals surface area contributed by atoms with Crippen molar-refractivity contribution < 1.29 is 19.1 Å². The van der Waals surface area contributed by atoms with Crippen molar-refractivity contribution in [3.05, 3.63) is 95.7 Å². The summed E-state index contributed by atoms with van der Waals surface area (Å²) in [6.07, 6.45) is 0.551. The van der Waals surface area contributed by atoms with Gasteiger partial charge in [0.2, 0.25) is 5.91 Å². The topological polar surface area (TPSA) is 87.7 Å². The zero-order valence-corrected chi connectivity index (χ0v) is 19.0. The minimum Gasteiger partial charge on any atom is -0.495 e. The van der Waals surface area contributed by atoms with Gasteiger partial charge in [0.05, 0.1) is 18.4 Å². The monoisotopic (exact) mass is 455 g/mol. The van der Waals surface area contributed by atoms with Gasteiger partial charge in [-0.3, -0.25) is 19.3 Å². The highest BCUT2D eigenvalue weighted by Crippen LogP contribution is 2.33. The molecule has 1 heterocycles. The van der Waals surface area contributed by atoms with Crippen LogP contribution in [-0.2, 0) is 20.8 Å². The van der Waals surface area contributed by atoms with E-state index in [0.717, 1.165) is 5.56 Å². The van der Waals surface area contributed by atoms with Crippen LogP contribution in [-0.4, -0.2) is 36.3 Å². The van der Waals surface area contributed by atoms with E-state index in [-0.39, 0.29) is 29.6 Å². The van der Waals surface area contributed by atoms with Crippen LogP contribution in [0.4, 0.5) is 11.4 Å². The molecule has 4 rings (SSSR count). The van der Waals surface area contributed by atoms with Crippen LogP contribution in [0.15, 0.2) is 84.6 Å². The highest BCUT2D eigenvalue weighted by Gasteiger charge is 2.39. The molecule has 34 heavy (non-hydrogen) atoms. The number of benzene rings is 3. The second kappa shape index (κ2) is 10.0. The Hall–Kier alpha value is -4.39. The lowest BCUT2D eigenvalue weighted by Gasteiger charge is -2.16. The summed E-state index contributed by atoms with van der Waals surface area (Å²) < 4.78 is 5.41. The van der Waals surface area contributed by atoms with E-state index in [9.17, 15) is 14.4 Å². The van der Waals surface area contributed by atoms with Crippen LogP contribution in [0.1, 0.15) is 18.1 Å². The van der Waals surface area contributed by atoms with Crippen molar-refractivity contribution >= 4 is 34.7 Å². The largest absolute Gasteiger partial charge is 0.495 e. The molecule has 2 N–H and O–H groups in total. The number of rotatable bonds is 8. The van der Waals surface area contributed by atoms with Crippen molar-refractivity contribution in [1.82, 2.24) is 4.90 Å². The Morgan fingerprint density at radius 3 is 2.24 bits per heavy atom. The molecule has 0 aromatic heterocycles. The van der Waals surface area contributed by atoms with Gasteiger partial charge in [-0.2, -0.15) is 0 Å². The van der Waals surface area contributed by atoms with E-state index < -0.39 is 5.91 Å². The standard InChI is InChI=1S/C27H25N3O4/c1-18(31)28-21-14-12-20(13-15-21)24-25(29-22-10-6-7-11-23(22)34-2)27(33)30(26(24)32)17-16-19-8-4-3-5-9-19/h3-15,29H,16-17H2,1-2H3,(H,28,31). The number of methoxy groups -OCH3 is 1. The fourth-order valence-electron chi connectivity index (χ4n) is 3.85. The van der Waals surface area contributed by atoms with Crippen molar-refractivity contribution in [1.29, 1.82) is 0 Å². The normalized spacial score (nSPS) is 13.3. The van der Waals surface area contributed by atoms with E-state index in [1.807, 2.05) is 42.5 Å². The maximum atomic E-state index is 13.5. The summed E-state index contributed by atoms with van der Waals surface area (Å²) >= 11 is 0. The van der Waals surface area contributed by atoms with Gasteiger partial charge in [0.25, 0.3) is 11.8 Å². The smallest absolute Gasteiger partial charge is 0.278 e. The molecule has 0 bridgehead atoms. The van der Waals surface area contributed by atoms with Crippen molar-refractivity contribution in [2.24, 2.45) is 0 Å². The molecular formula is C27H25N3O4. The molecule has 7 heteroatoms. The molecule has 0 radical (unpaired) electrons. The van der Waals surface area contributed by atoms with Crippen LogP contribution in [0.25, 0.3) is 5.57 Å². The molecule has 3 aromatic carbocycles. The summed E-state index contributed by atoms with van der Waals surface area (Å²) in [6, 6.07) is 23.8.